The molecule has 0 radical (unpaired) electrons. The van der Waals surface area contributed by atoms with Crippen LogP contribution < -0.4 is 10.1 Å². The van der Waals surface area contributed by atoms with Gasteiger partial charge in [0.05, 0.1) is 19.3 Å². The number of fused-ring (bicyclic) bond motifs is 2. The Labute approximate surface area is 231 Å². The number of rotatable bonds is 9. The van der Waals surface area contributed by atoms with Crippen molar-refractivity contribution in [1.82, 2.24) is 20.0 Å². The third-order valence-electron chi connectivity index (χ3n) is 10.8. The second-order valence-corrected chi connectivity index (χ2v) is 13.1. The Balaban J connectivity index is 1.13. The summed E-state index contributed by atoms with van der Waals surface area (Å²) in [7, 11) is 0. The highest BCUT2D eigenvalue weighted by Crippen LogP contribution is 2.53. The zero-order valence-corrected chi connectivity index (χ0v) is 23.3. The Kier molecular flexibility index (Phi) is 8.33. The monoisotopic (exact) mass is 539 g/mol. The van der Waals surface area contributed by atoms with Crippen molar-refractivity contribution in [1.29, 1.82) is 0 Å². The van der Waals surface area contributed by atoms with Gasteiger partial charge in [0.25, 0.3) is 11.8 Å². The van der Waals surface area contributed by atoms with Crippen LogP contribution in [0.25, 0.3) is 0 Å². The van der Waals surface area contributed by atoms with Crippen LogP contribution in [-0.4, -0.2) is 58.8 Å². The Morgan fingerprint density at radius 2 is 1.74 bits per heavy atom. The van der Waals surface area contributed by atoms with Crippen LogP contribution >= 0.6 is 0 Å². The van der Waals surface area contributed by atoms with Crippen LogP contribution in [0.2, 0.25) is 0 Å². The molecule has 3 bridgehead atoms. The molecule has 1 saturated heterocycles. The van der Waals surface area contributed by atoms with Gasteiger partial charge in [-0.3, -0.25) is 9.59 Å². The average molecular weight is 540 g/mol. The number of likely N-dealkylation sites (tertiary alicyclic amines) is 1. The van der Waals surface area contributed by atoms with E-state index in [0.717, 1.165) is 31.5 Å². The molecule has 0 spiro atoms. The van der Waals surface area contributed by atoms with E-state index in [0.29, 0.717) is 55.2 Å². The number of nitrogens with zero attached hydrogens (tertiary/aromatic N) is 4. The molecule has 5 atom stereocenters. The average Bonchev–Trinajstić information content (AvgIpc) is 3.43. The number of nitrogens with one attached hydrogen (secondary N) is 1. The minimum atomic E-state index is -0.522. The number of amides is 2. The molecule has 214 valence electrons. The summed E-state index contributed by atoms with van der Waals surface area (Å²) >= 11 is 0. The fourth-order valence-electron chi connectivity index (χ4n) is 8.67. The van der Waals surface area contributed by atoms with Gasteiger partial charge in [0.15, 0.2) is 0 Å². The number of carbonyl (C=O) groups excluding carboxylic acids is 2. The van der Waals surface area contributed by atoms with Crippen LogP contribution in [0.1, 0.15) is 93.8 Å². The lowest BCUT2D eigenvalue weighted by atomic mass is 9.79. The van der Waals surface area contributed by atoms with Gasteiger partial charge in [0.2, 0.25) is 5.88 Å². The van der Waals surface area contributed by atoms with Crippen molar-refractivity contribution in [3.05, 3.63) is 16.7 Å². The van der Waals surface area contributed by atoms with Gasteiger partial charge >= 0.3 is 0 Å². The van der Waals surface area contributed by atoms with Gasteiger partial charge in [-0.25, -0.2) is 4.68 Å². The van der Waals surface area contributed by atoms with Crippen molar-refractivity contribution in [3.63, 3.8) is 0 Å². The van der Waals surface area contributed by atoms with Gasteiger partial charge in [0.1, 0.15) is 5.56 Å². The summed E-state index contributed by atoms with van der Waals surface area (Å²) in [6, 6.07) is 0.284. The summed E-state index contributed by atoms with van der Waals surface area (Å²) < 4.78 is 8.30. The number of carbonyl (C=O) groups is 2. The molecule has 5 aliphatic rings. The van der Waals surface area contributed by atoms with Crippen molar-refractivity contribution in [3.8, 4) is 5.88 Å². The summed E-state index contributed by atoms with van der Waals surface area (Å²) in [4.78, 5) is 38.3. The second kappa shape index (κ2) is 12.1. The van der Waals surface area contributed by atoms with E-state index in [9.17, 15) is 14.5 Å². The van der Waals surface area contributed by atoms with E-state index >= 15 is 0 Å². The van der Waals surface area contributed by atoms with Gasteiger partial charge in [-0.2, -0.15) is 5.10 Å². The quantitative estimate of drug-likeness (QED) is 0.452. The minimum absolute atomic E-state index is 0.0275. The molecule has 1 aromatic rings. The van der Waals surface area contributed by atoms with Gasteiger partial charge in [0, 0.05) is 23.7 Å². The molecule has 4 aliphatic carbocycles. The second-order valence-electron chi connectivity index (χ2n) is 13.1. The number of nitroso groups, excluding NO2 is 1. The smallest absolute Gasteiger partial charge is 0.289 e. The van der Waals surface area contributed by atoms with E-state index in [4.69, 9.17) is 4.74 Å². The van der Waals surface area contributed by atoms with Crippen LogP contribution in [0.15, 0.2) is 11.4 Å². The lowest BCUT2D eigenvalue weighted by molar-refractivity contribution is -0.123. The molecule has 0 aromatic carbocycles. The molecule has 1 N–H and O–H groups in total. The van der Waals surface area contributed by atoms with Crippen LogP contribution in [0.3, 0.4) is 0 Å². The fourth-order valence-corrected chi connectivity index (χ4v) is 8.67. The first-order valence-corrected chi connectivity index (χ1v) is 15.7. The van der Waals surface area contributed by atoms with Crippen LogP contribution in [0.5, 0.6) is 5.88 Å². The predicted molar refractivity (Wildman–Crippen MR) is 147 cm³/mol. The maximum absolute atomic E-state index is 13.7. The maximum atomic E-state index is 13.7. The lowest BCUT2D eigenvalue weighted by Gasteiger charge is -2.30. The number of ether oxygens (including phenoxy) is 1. The van der Waals surface area contributed by atoms with E-state index < -0.39 is 5.91 Å². The molecule has 9 nitrogen and oxygen atoms in total. The molecular formula is C30H45N5O4. The molecule has 5 unspecified atom stereocenters. The largest absolute Gasteiger partial charge is 0.477 e. The van der Waals surface area contributed by atoms with E-state index in [1.807, 2.05) is 4.68 Å². The van der Waals surface area contributed by atoms with Gasteiger partial charge < -0.3 is 15.0 Å². The van der Waals surface area contributed by atoms with E-state index in [-0.39, 0.29) is 17.9 Å². The molecule has 2 heterocycles. The Hall–Kier alpha value is -2.29. The first-order chi connectivity index (χ1) is 19.1. The molecule has 5 fully saturated rings. The number of piperidine rings is 1. The summed E-state index contributed by atoms with van der Waals surface area (Å²) in [5, 5.41) is 10.7. The molecule has 39 heavy (non-hydrogen) atoms. The highest BCUT2D eigenvalue weighted by atomic mass is 16.5. The van der Waals surface area contributed by atoms with E-state index in [1.165, 1.54) is 70.6 Å². The Morgan fingerprint density at radius 1 is 0.949 bits per heavy atom. The molecule has 9 heteroatoms. The zero-order valence-electron chi connectivity index (χ0n) is 23.3. The van der Waals surface area contributed by atoms with Crippen molar-refractivity contribution in [2.75, 3.05) is 26.2 Å². The lowest BCUT2D eigenvalue weighted by Crippen LogP contribution is -2.42. The van der Waals surface area contributed by atoms with Crippen LogP contribution in [0.4, 0.5) is 0 Å². The topological polar surface area (TPSA) is 106 Å². The highest BCUT2D eigenvalue weighted by Gasteiger charge is 2.49. The number of hydrogen-bond acceptors (Lipinski definition) is 6. The van der Waals surface area contributed by atoms with Crippen molar-refractivity contribution >= 4 is 11.8 Å². The molecule has 2 amide bonds. The van der Waals surface area contributed by atoms with E-state index in [2.05, 4.69) is 20.5 Å². The highest BCUT2D eigenvalue weighted by molar-refractivity contribution is 5.96. The van der Waals surface area contributed by atoms with Gasteiger partial charge in [-0.1, -0.05) is 32.1 Å². The first-order valence-electron chi connectivity index (χ1n) is 15.7. The van der Waals surface area contributed by atoms with Crippen LogP contribution in [-0.2, 0) is 11.3 Å². The summed E-state index contributed by atoms with van der Waals surface area (Å²) in [5.74, 6) is 3.23. The Bertz CT molecular complexity index is 1030. The molecular weight excluding hydrogens is 494 g/mol. The summed E-state index contributed by atoms with van der Waals surface area (Å²) in [6.45, 7) is 3.53. The van der Waals surface area contributed by atoms with Gasteiger partial charge in [-0.05, 0) is 94.0 Å². The SMILES string of the molecule is O=NC(=O)C1CCN(CCn2ncc(C(=O)NC3C4CC5CCCC3C(C5)C4)c2OCC2CCCCC2)CC1. The van der Waals surface area contributed by atoms with Crippen LogP contribution in [0, 0.1) is 40.4 Å². The number of aromatic nitrogens is 2. The predicted octanol–water partition coefficient (Wildman–Crippen LogP) is 4.79. The maximum Gasteiger partial charge on any atom is 0.289 e. The normalized spacial score (nSPS) is 31.6. The Morgan fingerprint density at radius 3 is 2.54 bits per heavy atom. The standard InChI is InChI=1S/C30H45N5O4/c36-28(33-38)22-9-11-34(12-10-22)13-14-35-30(39-19-20-5-2-1-3-6-20)26(18-31-35)29(37)32-27-24-16-21-7-4-8-25(27)23(15-21)17-24/h18,20-25,27H,1-17,19H2,(H,32,37). The fraction of sp³-hybridized carbons (Fsp3) is 0.833. The minimum Gasteiger partial charge on any atom is -0.477 e. The molecule has 6 rings (SSSR count). The number of hydrogen-bond donors (Lipinski definition) is 1. The summed E-state index contributed by atoms with van der Waals surface area (Å²) in [6.07, 6.45) is 17.0. The van der Waals surface area contributed by atoms with Crippen molar-refractivity contribution < 1.29 is 14.3 Å². The van der Waals surface area contributed by atoms with Crippen molar-refractivity contribution in [2.45, 2.75) is 96.1 Å². The van der Waals surface area contributed by atoms with Crippen molar-refractivity contribution in [2.24, 2.45) is 40.7 Å². The molecule has 1 aromatic heterocycles. The molecule has 4 saturated carbocycles. The molecule has 1 aliphatic heterocycles. The third-order valence-corrected chi connectivity index (χ3v) is 10.8. The van der Waals surface area contributed by atoms with E-state index in [1.54, 1.807) is 6.20 Å². The summed E-state index contributed by atoms with van der Waals surface area (Å²) in [5.41, 5.74) is 0.570. The third kappa shape index (κ3) is 5.93. The zero-order chi connectivity index (χ0) is 26.8. The van der Waals surface area contributed by atoms with Gasteiger partial charge in [-0.15, -0.1) is 4.91 Å². The first kappa shape index (κ1) is 26.9.